The number of rotatable bonds is 1. The lowest BCUT2D eigenvalue weighted by Gasteiger charge is -2.13. The van der Waals surface area contributed by atoms with Gasteiger partial charge in [0.1, 0.15) is 0 Å². The first-order valence-corrected chi connectivity index (χ1v) is 3.84. The molecule has 1 rings (SSSR count). The predicted molar refractivity (Wildman–Crippen MR) is 51.6 cm³/mol. The molecule has 0 spiro atoms. The van der Waals surface area contributed by atoms with Gasteiger partial charge < -0.3 is 5.73 Å². The van der Waals surface area contributed by atoms with Crippen molar-refractivity contribution in [1.29, 1.82) is 0 Å². The van der Waals surface area contributed by atoms with Gasteiger partial charge in [-0.1, -0.05) is 6.08 Å². The molecule has 13 heavy (non-hydrogen) atoms. The first-order chi connectivity index (χ1) is 6.20. The second-order valence-electron chi connectivity index (χ2n) is 2.15. The molecule has 0 saturated heterocycles. The third-order valence-electron chi connectivity index (χ3n) is 1.22. The van der Waals surface area contributed by atoms with Crippen LogP contribution in [0.25, 0.3) is 0 Å². The molecular weight excluding hydrogens is 188 g/mol. The summed E-state index contributed by atoms with van der Waals surface area (Å²) in [6.07, 6.45) is 7.93. The summed E-state index contributed by atoms with van der Waals surface area (Å²) in [6.45, 7) is 0. The van der Waals surface area contributed by atoms with Crippen LogP contribution >= 0.6 is 12.2 Å². The van der Waals surface area contributed by atoms with Crippen LogP contribution in [0.5, 0.6) is 0 Å². The minimum absolute atomic E-state index is 0.0447. The smallest absolute Gasteiger partial charge is 0.211 e. The van der Waals surface area contributed by atoms with Crippen molar-refractivity contribution in [2.75, 3.05) is 0 Å². The van der Waals surface area contributed by atoms with Crippen LogP contribution in [-0.4, -0.2) is 15.4 Å². The van der Waals surface area contributed by atoms with Gasteiger partial charge in [0.25, 0.3) is 0 Å². The van der Waals surface area contributed by atoms with Crippen LogP contribution in [0.15, 0.2) is 46.6 Å². The fourth-order valence-corrected chi connectivity index (χ4v) is 0.742. The Labute approximate surface area is 80.5 Å². The maximum Gasteiger partial charge on any atom is 0.211 e. The van der Waals surface area contributed by atoms with Gasteiger partial charge in [-0.2, -0.15) is 5.11 Å². The molecule has 0 aliphatic carbocycles. The predicted octanol–water partition coefficient (Wildman–Crippen LogP) is 1.30. The Morgan fingerprint density at radius 1 is 1.62 bits per heavy atom. The van der Waals surface area contributed by atoms with Crippen LogP contribution in [0.1, 0.15) is 0 Å². The average molecular weight is 196 g/mol. The van der Waals surface area contributed by atoms with Crippen LogP contribution < -0.4 is 5.73 Å². The summed E-state index contributed by atoms with van der Waals surface area (Å²) in [5, 5.41) is 17.0. The Morgan fingerprint density at radius 3 is 3.00 bits per heavy atom. The molecule has 1 heterocycles. The van der Waals surface area contributed by atoms with E-state index in [1.807, 2.05) is 0 Å². The molecule has 1 aliphatic heterocycles. The van der Waals surface area contributed by atoms with Gasteiger partial charge in [0.2, 0.25) is 5.11 Å². The van der Waals surface area contributed by atoms with Gasteiger partial charge >= 0.3 is 0 Å². The summed E-state index contributed by atoms with van der Waals surface area (Å²) < 4.78 is 0. The van der Waals surface area contributed by atoms with E-state index in [0.29, 0.717) is 5.70 Å². The molecule has 0 radical (unpaired) electrons. The fourth-order valence-electron chi connectivity index (χ4n) is 0.695. The number of thiocarbonyl (C=S) groups is 1. The molecule has 1 aliphatic rings. The molecule has 0 saturated carbocycles. The number of hydrogen-bond acceptors (Lipinski definition) is 4. The molecule has 0 atom stereocenters. The highest BCUT2D eigenvalue weighted by atomic mass is 32.1. The lowest BCUT2D eigenvalue weighted by Crippen LogP contribution is -2.10. The molecule has 5 nitrogen and oxygen atoms in total. The van der Waals surface area contributed by atoms with E-state index in [1.54, 1.807) is 18.2 Å². The zero-order chi connectivity index (χ0) is 9.68. The second-order valence-corrected chi connectivity index (χ2v) is 2.57. The molecule has 0 aromatic rings. The summed E-state index contributed by atoms with van der Waals surface area (Å²) in [5.74, 6) is 0. The zero-order valence-corrected chi connectivity index (χ0v) is 7.48. The van der Waals surface area contributed by atoms with Crippen LogP contribution in [-0.2, 0) is 0 Å². The van der Waals surface area contributed by atoms with Gasteiger partial charge in [-0.15, -0.1) is 5.11 Å². The molecule has 0 aromatic heterocycles. The molecular formula is C7H8N4OS. The van der Waals surface area contributed by atoms with Crippen molar-refractivity contribution < 1.29 is 5.21 Å². The number of allylic oxidation sites excluding steroid dienone is 3. The Hall–Kier alpha value is -1.53. The van der Waals surface area contributed by atoms with Gasteiger partial charge in [0.15, 0.2) is 0 Å². The summed E-state index contributed by atoms with van der Waals surface area (Å²) >= 11 is 4.47. The Kier molecular flexibility index (Phi) is 3.30. The molecule has 3 N–H and O–H groups in total. The molecule has 0 unspecified atom stereocenters. The number of hydrogen-bond donors (Lipinski definition) is 2. The van der Waals surface area contributed by atoms with Crippen LogP contribution in [0.2, 0.25) is 0 Å². The Morgan fingerprint density at radius 2 is 2.38 bits per heavy atom. The summed E-state index contributed by atoms with van der Waals surface area (Å²) in [4.78, 5) is 0. The second kappa shape index (κ2) is 4.48. The quantitative estimate of drug-likeness (QED) is 0.489. The number of nitrogens with zero attached hydrogens (tertiary/aromatic N) is 3. The van der Waals surface area contributed by atoms with Gasteiger partial charge in [-0.05, 0) is 24.4 Å². The van der Waals surface area contributed by atoms with Gasteiger partial charge in [0, 0.05) is 6.20 Å². The van der Waals surface area contributed by atoms with Gasteiger partial charge in [0.05, 0.1) is 11.9 Å². The standard InChI is InChI=1S/C7H8N4OS/c8-7(13)10-9-5-6-3-1-2-4-11(6)12/h1-5,12H,(H2,8,13)/b6-5+,10-9?. The summed E-state index contributed by atoms with van der Waals surface area (Å²) in [6, 6.07) is 0. The van der Waals surface area contributed by atoms with Crippen molar-refractivity contribution in [3.05, 3.63) is 36.3 Å². The van der Waals surface area contributed by atoms with Crippen molar-refractivity contribution >= 4 is 17.3 Å². The lowest BCUT2D eigenvalue weighted by molar-refractivity contribution is -0.000512. The molecule has 0 amide bonds. The fraction of sp³-hybridized carbons (Fsp3) is 0. The maximum atomic E-state index is 9.20. The van der Waals surface area contributed by atoms with E-state index in [2.05, 4.69) is 22.4 Å². The van der Waals surface area contributed by atoms with E-state index in [0.717, 1.165) is 5.06 Å². The summed E-state index contributed by atoms with van der Waals surface area (Å²) in [5.41, 5.74) is 5.56. The molecule has 0 bridgehead atoms. The van der Waals surface area contributed by atoms with Crippen molar-refractivity contribution in [2.45, 2.75) is 0 Å². The minimum Gasteiger partial charge on any atom is -0.373 e. The third kappa shape index (κ3) is 3.14. The number of azo groups is 1. The molecule has 68 valence electrons. The normalized spacial score (nSPS) is 18.8. The monoisotopic (exact) mass is 196 g/mol. The van der Waals surface area contributed by atoms with E-state index in [4.69, 9.17) is 5.73 Å². The highest BCUT2D eigenvalue weighted by Crippen LogP contribution is 2.08. The summed E-state index contributed by atoms with van der Waals surface area (Å²) in [7, 11) is 0. The zero-order valence-electron chi connectivity index (χ0n) is 6.66. The van der Waals surface area contributed by atoms with Crippen molar-refractivity contribution in [1.82, 2.24) is 5.06 Å². The SMILES string of the molecule is NC(=S)N=N/C=C1\C=CC=CN1O. The Bertz CT molecular complexity index is 318. The van der Waals surface area contributed by atoms with Crippen LogP contribution in [0, 0.1) is 0 Å². The molecule has 6 heteroatoms. The number of hydroxylamine groups is 2. The van der Waals surface area contributed by atoms with Crippen molar-refractivity contribution in [3.63, 3.8) is 0 Å². The van der Waals surface area contributed by atoms with E-state index in [1.165, 1.54) is 12.4 Å². The topological polar surface area (TPSA) is 74.2 Å². The maximum absolute atomic E-state index is 9.20. The van der Waals surface area contributed by atoms with Crippen LogP contribution in [0.4, 0.5) is 0 Å². The lowest BCUT2D eigenvalue weighted by atomic mass is 10.3. The molecule has 0 fully saturated rings. The molecule has 0 aromatic carbocycles. The van der Waals surface area contributed by atoms with E-state index >= 15 is 0 Å². The van der Waals surface area contributed by atoms with Crippen molar-refractivity contribution in [2.24, 2.45) is 16.0 Å². The van der Waals surface area contributed by atoms with Gasteiger partial charge in [-0.25, -0.2) is 5.06 Å². The first-order valence-electron chi connectivity index (χ1n) is 3.43. The minimum atomic E-state index is -0.0447. The van der Waals surface area contributed by atoms with E-state index in [-0.39, 0.29) is 5.11 Å². The third-order valence-corrected chi connectivity index (χ3v) is 1.30. The number of nitrogens with two attached hydrogens (primary N) is 1. The first kappa shape index (κ1) is 9.56. The largest absolute Gasteiger partial charge is 0.373 e. The highest BCUT2D eigenvalue weighted by molar-refractivity contribution is 7.80. The van der Waals surface area contributed by atoms with E-state index in [9.17, 15) is 5.21 Å². The van der Waals surface area contributed by atoms with Crippen LogP contribution in [0.3, 0.4) is 0 Å². The van der Waals surface area contributed by atoms with Crippen molar-refractivity contribution in [3.8, 4) is 0 Å². The van der Waals surface area contributed by atoms with E-state index < -0.39 is 0 Å². The van der Waals surface area contributed by atoms with Gasteiger partial charge in [-0.3, -0.25) is 5.21 Å². The Balaban J connectivity index is 2.66. The average Bonchev–Trinajstić information content (AvgIpc) is 2.08. The highest BCUT2D eigenvalue weighted by Gasteiger charge is 2.00.